The van der Waals surface area contributed by atoms with Crippen molar-refractivity contribution in [2.45, 2.75) is 13.8 Å². The summed E-state index contributed by atoms with van der Waals surface area (Å²) in [4.78, 5) is 8.06. The molecule has 1 aromatic heterocycles. The lowest BCUT2D eigenvalue weighted by Gasteiger charge is -2.10. The zero-order chi connectivity index (χ0) is 15.4. The third kappa shape index (κ3) is 2.94. The van der Waals surface area contributed by atoms with Crippen LogP contribution in [0.4, 0.5) is 5.82 Å². The van der Waals surface area contributed by atoms with Crippen molar-refractivity contribution in [3.8, 4) is 16.9 Å². The molecule has 0 fully saturated rings. The number of hydrogen-bond acceptors (Lipinski definition) is 4. The molecule has 4 nitrogen and oxygen atoms in total. The molecule has 21 heavy (non-hydrogen) atoms. The molecule has 0 aliphatic rings. The molecular formula is C17H19N3O. The second-order valence-corrected chi connectivity index (χ2v) is 4.74. The van der Waals surface area contributed by atoms with Crippen LogP contribution in [-0.4, -0.2) is 23.4 Å². The minimum Gasteiger partial charge on any atom is -0.504 e. The Balaban J connectivity index is 2.42. The summed E-state index contributed by atoms with van der Waals surface area (Å²) >= 11 is 0. The van der Waals surface area contributed by atoms with Gasteiger partial charge >= 0.3 is 0 Å². The molecule has 4 heteroatoms. The van der Waals surface area contributed by atoms with Crippen LogP contribution in [0.25, 0.3) is 16.7 Å². The fourth-order valence-corrected chi connectivity index (χ4v) is 2.20. The van der Waals surface area contributed by atoms with E-state index in [9.17, 15) is 5.11 Å². The number of nitrogen functional groups attached to an aromatic ring is 1. The molecule has 1 heterocycles. The number of aliphatic imine (C=N–C) groups is 1. The molecule has 0 spiro atoms. The Bertz CT molecular complexity index is 701. The van der Waals surface area contributed by atoms with Crippen molar-refractivity contribution in [3.63, 3.8) is 0 Å². The predicted molar refractivity (Wildman–Crippen MR) is 88.6 cm³/mol. The Kier molecular flexibility index (Phi) is 4.38. The summed E-state index contributed by atoms with van der Waals surface area (Å²) in [5.74, 6) is 0.201. The van der Waals surface area contributed by atoms with E-state index in [1.165, 1.54) is 0 Å². The molecule has 0 bridgehead atoms. The van der Waals surface area contributed by atoms with Gasteiger partial charge in [-0.3, -0.25) is 4.99 Å². The molecule has 0 amide bonds. The summed E-state index contributed by atoms with van der Waals surface area (Å²) in [6.07, 6.45) is 5.53. The van der Waals surface area contributed by atoms with Gasteiger partial charge in [-0.1, -0.05) is 30.3 Å². The quantitative estimate of drug-likeness (QED) is 0.846. The monoisotopic (exact) mass is 281 g/mol. The SMILES string of the molecule is C/C=C(\C=NC)c1ccc(-c2cnc(N)c(O)c2C)cc1. The van der Waals surface area contributed by atoms with Gasteiger partial charge in [0.05, 0.1) is 0 Å². The highest BCUT2D eigenvalue weighted by atomic mass is 16.3. The Hall–Kier alpha value is -2.62. The number of aromatic nitrogens is 1. The van der Waals surface area contributed by atoms with Gasteiger partial charge in [-0.15, -0.1) is 0 Å². The average Bonchev–Trinajstić information content (AvgIpc) is 2.51. The molecule has 0 saturated heterocycles. The maximum absolute atomic E-state index is 9.89. The average molecular weight is 281 g/mol. The first kappa shape index (κ1) is 14.8. The third-order valence-electron chi connectivity index (χ3n) is 3.44. The number of anilines is 1. The van der Waals surface area contributed by atoms with E-state index < -0.39 is 0 Å². The van der Waals surface area contributed by atoms with E-state index in [-0.39, 0.29) is 11.6 Å². The van der Waals surface area contributed by atoms with Gasteiger partial charge in [0.25, 0.3) is 0 Å². The van der Waals surface area contributed by atoms with Gasteiger partial charge in [0.15, 0.2) is 11.6 Å². The van der Waals surface area contributed by atoms with Crippen LogP contribution < -0.4 is 5.73 Å². The highest BCUT2D eigenvalue weighted by Gasteiger charge is 2.10. The second-order valence-electron chi connectivity index (χ2n) is 4.74. The normalized spacial score (nSPS) is 12.0. The topological polar surface area (TPSA) is 71.5 Å². The van der Waals surface area contributed by atoms with Gasteiger partial charge < -0.3 is 10.8 Å². The smallest absolute Gasteiger partial charge is 0.166 e. The number of pyridine rings is 1. The number of nitrogens with zero attached hydrogens (tertiary/aromatic N) is 2. The first-order valence-corrected chi connectivity index (χ1v) is 6.71. The van der Waals surface area contributed by atoms with Crippen LogP contribution >= 0.6 is 0 Å². The number of allylic oxidation sites excluding steroid dienone is 2. The summed E-state index contributed by atoms with van der Waals surface area (Å²) < 4.78 is 0. The van der Waals surface area contributed by atoms with Gasteiger partial charge in [0.1, 0.15) is 0 Å². The lowest BCUT2D eigenvalue weighted by atomic mass is 9.98. The second kappa shape index (κ2) is 6.22. The van der Waals surface area contributed by atoms with Crippen LogP contribution in [0.5, 0.6) is 5.75 Å². The standard InChI is InChI=1S/C17H19N3O/c1-4-12(9-19-3)13-5-7-14(8-6-13)15-10-20-17(18)16(21)11(15)2/h4-10,21H,1-3H3,(H2,18,20)/b12-4+,19-9?. The molecule has 0 radical (unpaired) electrons. The Morgan fingerprint density at radius 2 is 1.95 bits per heavy atom. The van der Waals surface area contributed by atoms with Crippen LogP contribution in [0.1, 0.15) is 18.1 Å². The fourth-order valence-electron chi connectivity index (χ4n) is 2.20. The zero-order valence-corrected chi connectivity index (χ0v) is 12.5. The highest BCUT2D eigenvalue weighted by Crippen LogP contribution is 2.32. The van der Waals surface area contributed by atoms with Crippen molar-refractivity contribution in [2.24, 2.45) is 4.99 Å². The molecule has 0 aliphatic heterocycles. The van der Waals surface area contributed by atoms with Crippen LogP contribution in [0.15, 0.2) is 41.5 Å². The van der Waals surface area contributed by atoms with Crippen LogP contribution in [0, 0.1) is 6.92 Å². The lowest BCUT2D eigenvalue weighted by molar-refractivity contribution is 0.472. The number of nitrogens with two attached hydrogens (primary N) is 1. The van der Waals surface area contributed by atoms with E-state index >= 15 is 0 Å². The summed E-state index contributed by atoms with van der Waals surface area (Å²) in [5.41, 5.74) is 10.4. The van der Waals surface area contributed by atoms with E-state index in [2.05, 4.69) is 9.98 Å². The summed E-state index contributed by atoms with van der Waals surface area (Å²) in [6.45, 7) is 3.81. The van der Waals surface area contributed by atoms with Crippen LogP contribution in [0.3, 0.4) is 0 Å². The number of aromatic hydroxyl groups is 1. The molecule has 108 valence electrons. The van der Waals surface area contributed by atoms with E-state index in [1.54, 1.807) is 13.2 Å². The largest absolute Gasteiger partial charge is 0.504 e. The first-order valence-electron chi connectivity index (χ1n) is 6.71. The summed E-state index contributed by atoms with van der Waals surface area (Å²) in [6, 6.07) is 8.06. The predicted octanol–water partition coefficient (Wildman–Crippen LogP) is 3.45. The van der Waals surface area contributed by atoms with Gasteiger partial charge in [-0.25, -0.2) is 4.98 Å². The van der Waals surface area contributed by atoms with Gasteiger partial charge in [0.2, 0.25) is 0 Å². The van der Waals surface area contributed by atoms with Crippen molar-refractivity contribution in [3.05, 3.63) is 47.7 Å². The van der Waals surface area contributed by atoms with E-state index in [1.807, 2.05) is 50.4 Å². The van der Waals surface area contributed by atoms with Gasteiger partial charge in [0, 0.05) is 30.6 Å². The molecule has 0 saturated carbocycles. The van der Waals surface area contributed by atoms with Crippen molar-refractivity contribution >= 4 is 17.6 Å². The van der Waals surface area contributed by atoms with E-state index in [0.717, 1.165) is 27.8 Å². The van der Waals surface area contributed by atoms with Crippen molar-refractivity contribution in [1.82, 2.24) is 4.98 Å². The number of hydrogen-bond donors (Lipinski definition) is 2. The molecule has 1 aromatic carbocycles. The maximum Gasteiger partial charge on any atom is 0.166 e. The summed E-state index contributed by atoms with van der Waals surface area (Å²) in [5, 5.41) is 9.89. The minimum absolute atomic E-state index is 0.0452. The van der Waals surface area contributed by atoms with Gasteiger partial charge in [-0.2, -0.15) is 0 Å². The Labute approximate surface area is 124 Å². The molecular weight excluding hydrogens is 262 g/mol. The molecule has 3 N–H and O–H groups in total. The van der Waals surface area contributed by atoms with Crippen molar-refractivity contribution in [1.29, 1.82) is 0 Å². The highest BCUT2D eigenvalue weighted by molar-refractivity contribution is 6.09. The van der Waals surface area contributed by atoms with Crippen molar-refractivity contribution in [2.75, 3.05) is 12.8 Å². The van der Waals surface area contributed by atoms with E-state index in [0.29, 0.717) is 0 Å². The summed E-state index contributed by atoms with van der Waals surface area (Å²) in [7, 11) is 1.75. The minimum atomic E-state index is 0.0452. The Morgan fingerprint density at radius 1 is 1.29 bits per heavy atom. The van der Waals surface area contributed by atoms with Gasteiger partial charge in [-0.05, 0) is 30.5 Å². The molecule has 2 aromatic rings. The third-order valence-corrected chi connectivity index (χ3v) is 3.44. The number of benzene rings is 1. The molecule has 2 rings (SSSR count). The lowest BCUT2D eigenvalue weighted by Crippen LogP contribution is -1.95. The first-order chi connectivity index (χ1) is 10.1. The molecule has 0 aliphatic carbocycles. The fraction of sp³-hybridized carbons (Fsp3) is 0.176. The van der Waals surface area contributed by atoms with Crippen LogP contribution in [-0.2, 0) is 0 Å². The molecule has 0 unspecified atom stereocenters. The van der Waals surface area contributed by atoms with E-state index in [4.69, 9.17) is 5.73 Å². The van der Waals surface area contributed by atoms with Crippen molar-refractivity contribution < 1.29 is 5.11 Å². The van der Waals surface area contributed by atoms with Crippen LogP contribution in [0.2, 0.25) is 0 Å². The maximum atomic E-state index is 9.89. The Morgan fingerprint density at radius 3 is 2.52 bits per heavy atom. The zero-order valence-electron chi connectivity index (χ0n) is 12.5. The molecule has 0 atom stereocenters. The number of rotatable bonds is 3.